The Bertz CT molecular complexity index is 450. The topological polar surface area (TPSA) is 50.9 Å². The summed E-state index contributed by atoms with van der Waals surface area (Å²) in [4.78, 5) is 0. The van der Waals surface area contributed by atoms with Gasteiger partial charge < -0.3 is 5.11 Å². The van der Waals surface area contributed by atoms with Crippen LogP contribution in [0.15, 0.2) is 18.2 Å². The lowest BCUT2D eigenvalue weighted by atomic mass is 10.2. The van der Waals surface area contributed by atoms with Gasteiger partial charge in [0.15, 0.2) is 0 Å². The molecule has 0 fully saturated rings. The fourth-order valence-corrected chi connectivity index (χ4v) is 1.58. The van der Waals surface area contributed by atoms with Crippen molar-refractivity contribution in [1.82, 2.24) is 15.0 Å². The number of benzene rings is 1. The normalized spacial score (nSPS) is 11.1. The van der Waals surface area contributed by atoms with Gasteiger partial charge in [0, 0.05) is 6.54 Å². The van der Waals surface area contributed by atoms with Gasteiger partial charge in [0.25, 0.3) is 0 Å². The average molecular weight is 205 g/mol. The first-order valence-corrected chi connectivity index (χ1v) is 5.28. The molecule has 80 valence electrons. The number of rotatable bonds is 4. The predicted molar refractivity (Wildman–Crippen MR) is 58.4 cm³/mol. The monoisotopic (exact) mass is 205 g/mol. The van der Waals surface area contributed by atoms with E-state index in [2.05, 4.69) is 17.2 Å². The summed E-state index contributed by atoms with van der Waals surface area (Å²) in [7, 11) is 0. The first kappa shape index (κ1) is 10.1. The minimum Gasteiger partial charge on any atom is -0.392 e. The van der Waals surface area contributed by atoms with Gasteiger partial charge in [-0.3, -0.25) is 0 Å². The van der Waals surface area contributed by atoms with Crippen LogP contribution in [0, 0.1) is 0 Å². The van der Waals surface area contributed by atoms with Crippen molar-refractivity contribution in [2.45, 2.75) is 32.9 Å². The summed E-state index contributed by atoms with van der Waals surface area (Å²) in [5, 5.41) is 17.2. The van der Waals surface area contributed by atoms with E-state index >= 15 is 0 Å². The van der Waals surface area contributed by atoms with E-state index in [0.717, 1.165) is 36.0 Å². The van der Waals surface area contributed by atoms with Gasteiger partial charge in [-0.05, 0) is 24.1 Å². The second-order valence-electron chi connectivity index (χ2n) is 3.65. The van der Waals surface area contributed by atoms with Gasteiger partial charge in [-0.25, -0.2) is 4.68 Å². The molecule has 4 heteroatoms. The Hall–Kier alpha value is -1.42. The SMILES string of the molecule is CCCCn1nnc2ccc(CO)cc21. The number of aromatic nitrogens is 3. The number of hydrogen-bond donors (Lipinski definition) is 1. The summed E-state index contributed by atoms with van der Waals surface area (Å²) in [6.45, 7) is 3.11. The summed E-state index contributed by atoms with van der Waals surface area (Å²) in [6, 6.07) is 5.72. The number of aliphatic hydroxyl groups excluding tert-OH is 1. The Kier molecular flexibility index (Phi) is 2.97. The van der Waals surface area contributed by atoms with Crippen molar-refractivity contribution in [3.63, 3.8) is 0 Å². The van der Waals surface area contributed by atoms with Crippen LogP contribution in [0.5, 0.6) is 0 Å². The molecule has 1 N–H and O–H groups in total. The van der Waals surface area contributed by atoms with Crippen molar-refractivity contribution in [1.29, 1.82) is 0 Å². The van der Waals surface area contributed by atoms with E-state index in [1.165, 1.54) is 0 Å². The summed E-state index contributed by atoms with van der Waals surface area (Å²) in [5.41, 5.74) is 2.81. The Balaban J connectivity index is 2.38. The lowest BCUT2D eigenvalue weighted by Crippen LogP contribution is -2.00. The van der Waals surface area contributed by atoms with Crippen molar-refractivity contribution in [3.8, 4) is 0 Å². The molecule has 0 bridgehead atoms. The summed E-state index contributed by atoms with van der Waals surface area (Å²) >= 11 is 0. The molecule has 1 aromatic heterocycles. The third kappa shape index (κ3) is 1.99. The van der Waals surface area contributed by atoms with Crippen LogP contribution >= 0.6 is 0 Å². The van der Waals surface area contributed by atoms with E-state index in [-0.39, 0.29) is 6.61 Å². The van der Waals surface area contributed by atoms with Crippen LogP contribution in [0.1, 0.15) is 25.3 Å². The lowest BCUT2D eigenvalue weighted by Gasteiger charge is -2.01. The van der Waals surface area contributed by atoms with Crippen LogP contribution in [-0.4, -0.2) is 20.1 Å². The molecule has 15 heavy (non-hydrogen) atoms. The molecule has 2 rings (SSSR count). The molecule has 0 unspecified atom stereocenters. The second-order valence-corrected chi connectivity index (χ2v) is 3.65. The third-order valence-electron chi connectivity index (χ3n) is 2.48. The molecule has 0 radical (unpaired) electrons. The van der Waals surface area contributed by atoms with E-state index in [0.29, 0.717) is 0 Å². The quantitative estimate of drug-likeness (QED) is 0.826. The molecule has 1 aromatic carbocycles. The molecule has 0 aliphatic heterocycles. The molecule has 4 nitrogen and oxygen atoms in total. The Morgan fingerprint density at radius 3 is 3.00 bits per heavy atom. The second kappa shape index (κ2) is 4.40. The molecule has 0 amide bonds. The minimum atomic E-state index is 0.0644. The highest BCUT2D eigenvalue weighted by molar-refractivity contribution is 5.74. The Morgan fingerprint density at radius 1 is 1.40 bits per heavy atom. The van der Waals surface area contributed by atoms with E-state index < -0.39 is 0 Å². The number of hydrogen-bond acceptors (Lipinski definition) is 3. The summed E-state index contributed by atoms with van der Waals surface area (Å²) < 4.78 is 1.90. The van der Waals surface area contributed by atoms with Gasteiger partial charge in [0.2, 0.25) is 0 Å². The molecule has 0 atom stereocenters. The standard InChI is InChI=1S/C11H15N3O/c1-2-3-6-14-11-7-9(8-15)4-5-10(11)12-13-14/h4-5,7,15H,2-3,6,8H2,1H3. The largest absolute Gasteiger partial charge is 0.392 e. The maximum atomic E-state index is 9.05. The van der Waals surface area contributed by atoms with Crippen LogP contribution in [0.25, 0.3) is 11.0 Å². The molecular formula is C11H15N3O. The van der Waals surface area contributed by atoms with Crippen molar-refractivity contribution in [2.24, 2.45) is 0 Å². The van der Waals surface area contributed by atoms with E-state index in [9.17, 15) is 0 Å². The third-order valence-corrected chi connectivity index (χ3v) is 2.48. The van der Waals surface area contributed by atoms with E-state index in [4.69, 9.17) is 5.11 Å². The summed E-state index contributed by atoms with van der Waals surface area (Å²) in [5.74, 6) is 0. The van der Waals surface area contributed by atoms with Crippen molar-refractivity contribution >= 4 is 11.0 Å². The van der Waals surface area contributed by atoms with E-state index in [1.807, 2.05) is 22.9 Å². The van der Waals surface area contributed by atoms with Crippen LogP contribution in [0.3, 0.4) is 0 Å². The number of aliphatic hydroxyl groups is 1. The highest BCUT2D eigenvalue weighted by atomic mass is 16.3. The maximum Gasteiger partial charge on any atom is 0.113 e. The van der Waals surface area contributed by atoms with Crippen molar-refractivity contribution in [2.75, 3.05) is 0 Å². The first-order chi connectivity index (χ1) is 7.35. The highest BCUT2D eigenvalue weighted by Gasteiger charge is 2.04. The van der Waals surface area contributed by atoms with Crippen molar-refractivity contribution in [3.05, 3.63) is 23.8 Å². The lowest BCUT2D eigenvalue weighted by molar-refractivity contribution is 0.282. The zero-order chi connectivity index (χ0) is 10.7. The van der Waals surface area contributed by atoms with Crippen molar-refractivity contribution < 1.29 is 5.11 Å². The summed E-state index contributed by atoms with van der Waals surface area (Å²) in [6.07, 6.45) is 2.24. The number of fused-ring (bicyclic) bond motifs is 1. The van der Waals surface area contributed by atoms with Gasteiger partial charge in [-0.2, -0.15) is 0 Å². The molecule has 0 aliphatic rings. The average Bonchev–Trinajstić information content (AvgIpc) is 2.68. The molecular weight excluding hydrogens is 190 g/mol. The fraction of sp³-hybridized carbons (Fsp3) is 0.455. The van der Waals surface area contributed by atoms with Crippen LogP contribution in [-0.2, 0) is 13.2 Å². The maximum absolute atomic E-state index is 9.05. The molecule has 1 heterocycles. The van der Waals surface area contributed by atoms with Gasteiger partial charge in [-0.15, -0.1) is 5.10 Å². The highest BCUT2D eigenvalue weighted by Crippen LogP contribution is 2.14. The van der Waals surface area contributed by atoms with Gasteiger partial charge >= 0.3 is 0 Å². The molecule has 0 spiro atoms. The van der Waals surface area contributed by atoms with E-state index in [1.54, 1.807) is 0 Å². The molecule has 2 aromatic rings. The molecule has 0 saturated heterocycles. The minimum absolute atomic E-state index is 0.0644. The number of unbranched alkanes of at least 4 members (excludes halogenated alkanes) is 1. The van der Waals surface area contributed by atoms with Crippen LogP contribution < -0.4 is 0 Å². The Labute approximate surface area is 88.5 Å². The number of aryl methyl sites for hydroxylation is 1. The smallest absolute Gasteiger partial charge is 0.113 e. The predicted octanol–water partition coefficient (Wildman–Crippen LogP) is 1.72. The van der Waals surface area contributed by atoms with Gasteiger partial charge in [-0.1, -0.05) is 24.6 Å². The molecule has 0 saturated carbocycles. The fourth-order valence-electron chi connectivity index (χ4n) is 1.58. The molecule has 0 aliphatic carbocycles. The zero-order valence-corrected chi connectivity index (χ0v) is 8.85. The van der Waals surface area contributed by atoms with Gasteiger partial charge in [0.1, 0.15) is 5.52 Å². The zero-order valence-electron chi connectivity index (χ0n) is 8.85. The van der Waals surface area contributed by atoms with Gasteiger partial charge in [0.05, 0.1) is 12.1 Å². The van der Waals surface area contributed by atoms with Crippen LogP contribution in [0.2, 0.25) is 0 Å². The van der Waals surface area contributed by atoms with Crippen LogP contribution in [0.4, 0.5) is 0 Å². The number of nitrogens with zero attached hydrogens (tertiary/aromatic N) is 3. The first-order valence-electron chi connectivity index (χ1n) is 5.28. The Morgan fingerprint density at radius 2 is 2.27 bits per heavy atom.